The van der Waals surface area contributed by atoms with E-state index in [1.54, 1.807) is 6.26 Å². The minimum absolute atomic E-state index is 0.384. The lowest BCUT2D eigenvalue weighted by Crippen LogP contribution is -2.33. The third-order valence-electron chi connectivity index (χ3n) is 2.44. The van der Waals surface area contributed by atoms with Crippen molar-refractivity contribution in [1.82, 2.24) is 4.90 Å². The molecule has 0 saturated carbocycles. The highest BCUT2D eigenvalue weighted by Gasteiger charge is 2.16. The molecule has 14 heavy (non-hydrogen) atoms. The Hall–Kier alpha value is -0.610. The monoisotopic (exact) mass is 257 g/mol. The average molecular weight is 258 g/mol. The predicted octanol–water partition coefficient (Wildman–Crippen LogP) is 2.21. The summed E-state index contributed by atoms with van der Waals surface area (Å²) in [5, 5.41) is 0. The number of carbonyl (C=O) groups excluding carboxylic acids is 1. The van der Waals surface area contributed by atoms with Gasteiger partial charge in [0, 0.05) is 38.0 Å². The topological polar surface area (TPSA) is 33.5 Å². The van der Waals surface area contributed by atoms with Crippen molar-refractivity contribution >= 4 is 21.7 Å². The molecule has 0 atom stereocenters. The van der Waals surface area contributed by atoms with E-state index in [-0.39, 0.29) is 0 Å². The predicted molar refractivity (Wildman–Crippen MR) is 55.9 cm³/mol. The molecule has 3 nitrogen and oxygen atoms in total. The molecule has 0 N–H and O–H groups in total. The molecular weight excluding hydrogens is 246 g/mol. The summed E-state index contributed by atoms with van der Waals surface area (Å²) in [4.78, 5) is 13.3. The van der Waals surface area contributed by atoms with Gasteiger partial charge in [-0.25, -0.2) is 0 Å². The summed E-state index contributed by atoms with van der Waals surface area (Å²) >= 11 is 3.27. The Morgan fingerprint density at radius 2 is 2.14 bits per heavy atom. The molecule has 2 rings (SSSR count). The van der Waals surface area contributed by atoms with Gasteiger partial charge in [0.2, 0.25) is 0 Å². The van der Waals surface area contributed by atoms with Crippen molar-refractivity contribution in [2.75, 3.05) is 13.1 Å². The zero-order valence-electron chi connectivity index (χ0n) is 7.83. The Balaban J connectivity index is 1.89. The molecule has 2 heterocycles. The molecule has 4 heteroatoms. The van der Waals surface area contributed by atoms with Crippen LogP contribution < -0.4 is 0 Å². The standard InChI is InChI=1S/C10H12BrNO2/c11-10-5-8(7-14-10)6-12-3-1-9(13)2-4-12/h5,7H,1-4,6H2. The highest BCUT2D eigenvalue weighted by atomic mass is 79.9. The second-order valence-corrected chi connectivity index (χ2v) is 4.36. The molecule has 0 bridgehead atoms. The van der Waals surface area contributed by atoms with E-state index in [0.29, 0.717) is 18.6 Å². The van der Waals surface area contributed by atoms with Crippen molar-refractivity contribution < 1.29 is 9.21 Å². The minimum Gasteiger partial charge on any atom is -0.457 e. The highest BCUT2D eigenvalue weighted by Crippen LogP contribution is 2.17. The SMILES string of the molecule is O=C1CCN(Cc2coc(Br)c2)CC1. The van der Waals surface area contributed by atoms with E-state index in [1.807, 2.05) is 6.07 Å². The number of likely N-dealkylation sites (tertiary alicyclic amines) is 1. The van der Waals surface area contributed by atoms with E-state index in [2.05, 4.69) is 20.8 Å². The molecule has 1 aliphatic rings. The lowest BCUT2D eigenvalue weighted by molar-refractivity contribution is -0.121. The number of halogens is 1. The number of ketones is 1. The van der Waals surface area contributed by atoms with Crippen LogP contribution >= 0.6 is 15.9 Å². The van der Waals surface area contributed by atoms with Crippen LogP contribution in [0.25, 0.3) is 0 Å². The van der Waals surface area contributed by atoms with Crippen molar-refractivity contribution in [3.05, 3.63) is 22.6 Å². The van der Waals surface area contributed by atoms with Crippen molar-refractivity contribution in [1.29, 1.82) is 0 Å². The van der Waals surface area contributed by atoms with Gasteiger partial charge in [0.25, 0.3) is 0 Å². The molecule has 1 fully saturated rings. The molecule has 0 radical (unpaired) electrons. The Morgan fingerprint density at radius 1 is 1.43 bits per heavy atom. The van der Waals surface area contributed by atoms with Gasteiger partial charge in [-0.2, -0.15) is 0 Å². The lowest BCUT2D eigenvalue weighted by atomic mass is 10.1. The first-order valence-electron chi connectivity index (χ1n) is 4.71. The Morgan fingerprint density at radius 3 is 2.71 bits per heavy atom. The van der Waals surface area contributed by atoms with Crippen LogP contribution in [0.2, 0.25) is 0 Å². The molecule has 1 aliphatic heterocycles. The van der Waals surface area contributed by atoms with Crippen LogP contribution in [-0.2, 0) is 11.3 Å². The molecule has 0 aliphatic carbocycles. The van der Waals surface area contributed by atoms with Gasteiger partial charge in [0.15, 0.2) is 4.67 Å². The zero-order valence-corrected chi connectivity index (χ0v) is 9.42. The van der Waals surface area contributed by atoms with Crippen LogP contribution in [0.3, 0.4) is 0 Å². The van der Waals surface area contributed by atoms with Gasteiger partial charge in [-0.1, -0.05) is 0 Å². The molecule has 76 valence electrons. The average Bonchev–Trinajstić information content (AvgIpc) is 2.56. The van der Waals surface area contributed by atoms with Gasteiger partial charge in [0.05, 0.1) is 6.26 Å². The first-order valence-corrected chi connectivity index (χ1v) is 5.50. The van der Waals surface area contributed by atoms with Crippen molar-refractivity contribution in [3.63, 3.8) is 0 Å². The maximum absolute atomic E-state index is 11.0. The van der Waals surface area contributed by atoms with Crippen LogP contribution in [0.5, 0.6) is 0 Å². The van der Waals surface area contributed by atoms with E-state index >= 15 is 0 Å². The van der Waals surface area contributed by atoms with Crippen LogP contribution in [0.1, 0.15) is 18.4 Å². The number of carbonyl (C=O) groups is 1. The smallest absolute Gasteiger partial charge is 0.169 e. The van der Waals surface area contributed by atoms with Gasteiger partial charge >= 0.3 is 0 Å². The van der Waals surface area contributed by atoms with Crippen LogP contribution in [0, 0.1) is 0 Å². The first kappa shape index (κ1) is 9.93. The summed E-state index contributed by atoms with van der Waals surface area (Å²) in [5.41, 5.74) is 1.16. The highest BCUT2D eigenvalue weighted by molar-refractivity contribution is 9.10. The largest absolute Gasteiger partial charge is 0.457 e. The van der Waals surface area contributed by atoms with E-state index in [4.69, 9.17) is 4.42 Å². The number of furan rings is 1. The fourth-order valence-electron chi connectivity index (χ4n) is 1.65. The number of nitrogens with zero attached hydrogens (tertiary/aromatic N) is 1. The molecule has 1 aromatic rings. The fourth-order valence-corrected chi connectivity index (χ4v) is 2.03. The van der Waals surface area contributed by atoms with E-state index in [0.717, 1.165) is 29.9 Å². The number of hydrogen-bond acceptors (Lipinski definition) is 3. The third-order valence-corrected chi connectivity index (χ3v) is 2.86. The summed E-state index contributed by atoms with van der Waals surface area (Å²) in [7, 11) is 0. The maximum Gasteiger partial charge on any atom is 0.169 e. The maximum atomic E-state index is 11.0. The Bertz CT molecular complexity index is 325. The van der Waals surface area contributed by atoms with Gasteiger partial charge in [-0.3, -0.25) is 9.69 Å². The molecule has 0 aromatic carbocycles. The van der Waals surface area contributed by atoms with Crippen molar-refractivity contribution in [2.45, 2.75) is 19.4 Å². The molecule has 0 amide bonds. The molecular formula is C10H12BrNO2. The van der Waals surface area contributed by atoms with Gasteiger partial charge < -0.3 is 4.42 Å². The third kappa shape index (κ3) is 2.45. The molecule has 0 spiro atoms. The van der Waals surface area contributed by atoms with E-state index in [9.17, 15) is 4.79 Å². The summed E-state index contributed by atoms with van der Waals surface area (Å²) < 4.78 is 5.91. The van der Waals surface area contributed by atoms with E-state index < -0.39 is 0 Å². The second kappa shape index (κ2) is 4.28. The molecule has 1 aromatic heterocycles. The van der Waals surface area contributed by atoms with Crippen molar-refractivity contribution in [2.24, 2.45) is 0 Å². The van der Waals surface area contributed by atoms with Crippen LogP contribution in [0.4, 0.5) is 0 Å². The Labute approximate surface area is 91.2 Å². The van der Waals surface area contributed by atoms with Gasteiger partial charge in [0.1, 0.15) is 5.78 Å². The Kier molecular flexibility index (Phi) is 3.03. The first-order chi connectivity index (χ1) is 6.74. The molecule has 0 unspecified atom stereocenters. The van der Waals surface area contributed by atoms with Gasteiger partial charge in [-0.05, 0) is 22.0 Å². The van der Waals surface area contributed by atoms with Crippen LogP contribution in [-0.4, -0.2) is 23.8 Å². The number of hydrogen-bond donors (Lipinski definition) is 0. The quantitative estimate of drug-likeness (QED) is 0.815. The van der Waals surface area contributed by atoms with Crippen LogP contribution in [0.15, 0.2) is 21.4 Å². The molecule has 1 saturated heterocycles. The summed E-state index contributed by atoms with van der Waals surface area (Å²) in [6, 6.07) is 1.97. The zero-order chi connectivity index (χ0) is 9.97. The number of piperidine rings is 1. The lowest BCUT2D eigenvalue weighted by Gasteiger charge is -2.24. The summed E-state index contributed by atoms with van der Waals surface area (Å²) in [6.45, 7) is 2.63. The summed E-state index contributed by atoms with van der Waals surface area (Å²) in [6.07, 6.45) is 3.14. The minimum atomic E-state index is 0.384. The number of Topliss-reactive ketones (excluding diaryl/α,β-unsaturated/α-hetero) is 1. The van der Waals surface area contributed by atoms with E-state index in [1.165, 1.54) is 0 Å². The number of rotatable bonds is 2. The second-order valence-electron chi connectivity index (χ2n) is 3.57. The fraction of sp³-hybridized carbons (Fsp3) is 0.500. The van der Waals surface area contributed by atoms with Gasteiger partial charge in [-0.15, -0.1) is 0 Å². The normalized spacial score (nSPS) is 18.8. The summed E-state index contributed by atoms with van der Waals surface area (Å²) in [5.74, 6) is 0.384. The van der Waals surface area contributed by atoms with Crippen molar-refractivity contribution in [3.8, 4) is 0 Å².